The fourth-order valence-corrected chi connectivity index (χ4v) is 5.25. The van der Waals surface area contributed by atoms with E-state index in [1.54, 1.807) is 23.7 Å². The molecule has 0 spiro atoms. The van der Waals surface area contributed by atoms with Gasteiger partial charge in [-0.05, 0) is 30.0 Å². The molecule has 4 N–H and O–H groups in total. The van der Waals surface area contributed by atoms with Crippen LogP contribution in [0.3, 0.4) is 0 Å². The maximum absolute atomic E-state index is 6.77. The molecule has 2 atom stereocenters. The Hall–Kier alpha value is -3.46. The van der Waals surface area contributed by atoms with E-state index in [0.717, 1.165) is 44.7 Å². The number of hydrogen-bond acceptors (Lipinski definition) is 7. The van der Waals surface area contributed by atoms with Gasteiger partial charge in [0.15, 0.2) is 5.82 Å². The molecule has 0 aliphatic heterocycles. The normalized spacial score (nSPS) is 13.4. The summed E-state index contributed by atoms with van der Waals surface area (Å²) in [6.45, 7) is 5.23. The molecule has 7 nitrogen and oxygen atoms in total. The zero-order chi connectivity index (χ0) is 24.4. The van der Waals surface area contributed by atoms with Gasteiger partial charge in [-0.25, -0.2) is 9.97 Å². The number of rotatable bonds is 8. The molecule has 1 aromatic carbocycles. The topological polar surface area (TPSA) is 109 Å². The van der Waals surface area contributed by atoms with Crippen LogP contribution >= 0.6 is 11.3 Å². The van der Waals surface area contributed by atoms with E-state index in [0.29, 0.717) is 18.2 Å². The van der Waals surface area contributed by atoms with E-state index in [1.165, 1.54) is 0 Å². The molecule has 0 amide bonds. The van der Waals surface area contributed by atoms with Gasteiger partial charge in [0.05, 0.1) is 28.1 Å². The lowest BCUT2D eigenvalue weighted by Gasteiger charge is -2.21. The van der Waals surface area contributed by atoms with Crippen LogP contribution in [0.15, 0.2) is 72.6 Å². The second-order valence-electron chi connectivity index (χ2n) is 9.22. The minimum Gasteiger partial charge on any atom is -0.326 e. The molecule has 8 heteroatoms. The Labute approximate surface area is 208 Å². The van der Waals surface area contributed by atoms with Crippen LogP contribution in [-0.4, -0.2) is 30.8 Å². The fourth-order valence-electron chi connectivity index (χ4n) is 4.19. The van der Waals surface area contributed by atoms with Crippen LogP contribution in [0.25, 0.3) is 32.7 Å². The third-order valence-corrected chi connectivity index (χ3v) is 6.96. The smallest absolute Gasteiger partial charge is 0.160 e. The van der Waals surface area contributed by atoms with Gasteiger partial charge < -0.3 is 11.5 Å². The highest BCUT2D eigenvalue weighted by molar-refractivity contribution is 7.17. The van der Waals surface area contributed by atoms with Crippen molar-refractivity contribution in [1.82, 2.24) is 24.7 Å². The van der Waals surface area contributed by atoms with E-state index in [-0.39, 0.29) is 6.04 Å². The van der Waals surface area contributed by atoms with Crippen LogP contribution < -0.4 is 11.5 Å². The Morgan fingerprint density at radius 2 is 1.74 bits per heavy atom. The van der Waals surface area contributed by atoms with Crippen molar-refractivity contribution in [3.63, 3.8) is 0 Å². The highest BCUT2D eigenvalue weighted by atomic mass is 32.1. The predicted molar refractivity (Wildman–Crippen MR) is 142 cm³/mol. The second kappa shape index (κ2) is 10.0. The van der Waals surface area contributed by atoms with Gasteiger partial charge in [0, 0.05) is 53.2 Å². The standard InChI is InChI=1S/C27H29N7S/c1-17(2)14-34-15-20(13-31-34)21-16-35-26-24(21)32-27(19-8-10-30-11-9-19)33-25(26)23(29)22(28)12-18-6-4-3-5-7-18/h3-11,13,15-17,22-23H,12,14,28-29H2,1-2H3. The lowest BCUT2D eigenvalue weighted by Crippen LogP contribution is -2.36. The Bertz CT molecular complexity index is 1410. The van der Waals surface area contributed by atoms with E-state index in [1.807, 2.05) is 41.2 Å². The molecule has 0 bridgehead atoms. The summed E-state index contributed by atoms with van der Waals surface area (Å²) in [7, 11) is 0. The van der Waals surface area contributed by atoms with Crippen LogP contribution in [0.1, 0.15) is 31.1 Å². The summed E-state index contributed by atoms with van der Waals surface area (Å²) in [6, 6.07) is 13.3. The first-order valence-corrected chi connectivity index (χ1v) is 12.6. The largest absolute Gasteiger partial charge is 0.326 e. The highest BCUT2D eigenvalue weighted by Crippen LogP contribution is 2.37. The Morgan fingerprint density at radius 1 is 0.971 bits per heavy atom. The lowest BCUT2D eigenvalue weighted by atomic mass is 9.97. The number of aromatic nitrogens is 5. The molecule has 5 aromatic rings. The first-order valence-electron chi connectivity index (χ1n) is 11.8. The fraction of sp³-hybridized carbons (Fsp3) is 0.259. The average Bonchev–Trinajstić information content (AvgIpc) is 3.50. The van der Waals surface area contributed by atoms with Gasteiger partial charge in [0.25, 0.3) is 0 Å². The van der Waals surface area contributed by atoms with Gasteiger partial charge in [-0.2, -0.15) is 5.10 Å². The number of hydrogen-bond donors (Lipinski definition) is 2. The van der Waals surface area contributed by atoms with Crippen LogP contribution in [0.4, 0.5) is 0 Å². The zero-order valence-corrected chi connectivity index (χ0v) is 20.7. The summed E-state index contributed by atoms with van der Waals surface area (Å²) in [5.74, 6) is 1.13. The molecule has 0 saturated heterocycles. The summed E-state index contributed by atoms with van der Waals surface area (Å²) in [5.41, 5.74) is 19.1. The molecule has 2 unspecified atom stereocenters. The van der Waals surface area contributed by atoms with Crippen molar-refractivity contribution in [3.8, 4) is 22.5 Å². The number of thiophene rings is 1. The predicted octanol–water partition coefficient (Wildman–Crippen LogP) is 4.84. The third-order valence-electron chi connectivity index (χ3n) is 5.97. The van der Waals surface area contributed by atoms with Gasteiger partial charge in [-0.3, -0.25) is 9.67 Å². The van der Waals surface area contributed by atoms with Crippen molar-refractivity contribution >= 4 is 21.6 Å². The van der Waals surface area contributed by atoms with Crippen molar-refractivity contribution in [3.05, 3.63) is 83.9 Å². The quantitative estimate of drug-likeness (QED) is 0.327. The first kappa shape index (κ1) is 23.3. The van der Waals surface area contributed by atoms with Crippen LogP contribution in [-0.2, 0) is 13.0 Å². The Kier molecular flexibility index (Phi) is 6.68. The summed E-state index contributed by atoms with van der Waals surface area (Å²) >= 11 is 1.60. The van der Waals surface area contributed by atoms with E-state index in [9.17, 15) is 0 Å². The molecule has 0 radical (unpaired) electrons. The van der Waals surface area contributed by atoms with Gasteiger partial charge in [0.1, 0.15) is 0 Å². The first-order chi connectivity index (χ1) is 17.0. The molecular weight excluding hydrogens is 454 g/mol. The van der Waals surface area contributed by atoms with Crippen LogP contribution in [0, 0.1) is 5.92 Å². The van der Waals surface area contributed by atoms with E-state index >= 15 is 0 Å². The minimum atomic E-state index is -0.448. The van der Waals surface area contributed by atoms with Crippen molar-refractivity contribution < 1.29 is 0 Å². The number of nitrogens with two attached hydrogens (primary N) is 2. The van der Waals surface area contributed by atoms with Crippen LogP contribution in [0.5, 0.6) is 0 Å². The van der Waals surface area contributed by atoms with Gasteiger partial charge in [-0.1, -0.05) is 44.2 Å². The number of benzene rings is 1. The second-order valence-corrected chi connectivity index (χ2v) is 10.1. The summed E-state index contributed by atoms with van der Waals surface area (Å²) in [5, 5.41) is 6.67. The van der Waals surface area contributed by atoms with Gasteiger partial charge >= 0.3 is 0 Å². The average molecular weight is 484 g/mol. The SMILES string of the molecule is CC(C)Cn1cc(-c2csc3c(C(N)C(N)Cc4ccccc4)nc(-c4ccncc4)nc23)cn1. The molecular formula is C27H29N7S. The van der Waals surface area contributed by atoms with E-state index in [4.69, 9.17) is 21.4 Å². The van der Waals surface area contributed by atoms with Crippen molar-refractivity contribution in [2.24, 2.45) is 17.4 Å². The zero-order valence-electron chi connectivity index (χ0n) is 19.9. The minimum absolute atomic E-state index is 0.292. The maximum Gasteiger partial charge on any atom is 0.160 e. The lowest BCUT2D eigenvalue weighted by molar-refractivity contribution is 0.483. The Balaban J connectivity index is 1.59. The van der Waals surface area contributed by atoms with Gasteiger partial charge in [0.2, 0.25) is 0 Å². The molecule has 0 fully saturated rings. The number of fused-ring (bicyclic) bond motifs is 1. The molecule has 5 rings (SSSR count). The van der Waals surface area contributed by atoms with Gasteiger partial charge in [-0.15, -0.1) is 11.3 Å². The summed E-state index contributed by atoms with van der Waals surface area (Å²) in [4.78, 5) is 14.0. The highest BCUT2D eigenvalue weighted by Gasteiger charge is 2.24. The number of nitrogens with zero attached hydrogens (tertiary/aromatic N) is 5. The monoisotopic (exact) mass is 483 g/mol. The summed E-state index contributed by atoms with van der Waals surface area (Å²) < 4.78 is 2.95. The molecule has 35 heavy (non-hydrogen) atoms. The van der Waals surface area contributed by atoms with Crippen molar-refractivity contribution in [2.75, 3.05) is 0 Å². The van der Waals surface area contributed by atoms with Crippen molar-refractivity contribution in [2.45, 2.75) is 38.9 Å². The molecule has 4 heterocycles. The molecule has 0 saturated carbocycles. The third kappa shape index (κ3) is 5.00. The Morgan fingerprint density at radius 3 is 2.49 bits per heavy atom. The maximum atomic E-state index is 6.77. The molecule has 0 aliphatic carbocycles. The molecule has 178 valence electrons. The van der Waals surface area contributed by atoms with Crippen LogP contribution in [0.2, 0.25) is 0 Å². The molecule has 4 aromatic heterocycles. The number of pyridine rings is 1. The van der Waals surface area contributed by atoms with E-state index in [2.05, 4.69) is 47.6 Å². The van der Waals surface area contributed by atoms with E-state index < -0.39 is 6.04 Å². The summed E-state index contributed by atoms with van der Waals surface area (Å²) in [6.07, 6.45) is 8.13. The molecule has 0 aliphatic rings. The van der Waals surface area contributed by atoms with Crippen molar-refractivity contribution in [1.29, 1.82) is 0 Å².